The maximum atomic E-state index is 11.2. The lowest BCUT2D eigenvalue weighted by Crippen LogP contribution is -2.01. The van der Waals surface area contributed by atoms with Crippen LogP contribution in [0.15, 0.2) is 116 Å². The topological polar surface area (TPSA) is 158 Å². The van der Waals surface area contributed by atoms with Gasteiger partial charge < -0.3 is 24.4 Å². The summed E-state index contributed by atoms with van der Waals surface area (Å²) in [5.74, 6) is -0.240. The van der Waals surface area contributed by atoms with Crippen molar-refractivity contribution in [3.05, 3.63) is 137 Å². The van der Waals surface area contributed by atoms with Gasteiger partial charge in [0.15, 0.2) is 0 Å². The first-order valence-electron chi connectivity index (χ1n) is 12.3. The Labute approximate surface area is 251 Å². The molecule has 0 saturated heterocycles. The number of carboxylic acids is 2. The van der Waals surface area contributed by atoms with Crippen molar-refractivity contribution in [2.45, 2.75) is 0 Å². The number of carbonyl (C=O) groups excluding carboxylic acids is 1. The number of carbonyl (C=O) groups is 3. The average molecular weight is 602 g/mol. The van der Waals surface area contributed by atoms with Crippen molar-refractivity contribution in [3.8, 4) is 23.3 Å². The molecule has 0 radical (unpaired) electrons. The Balaban J connectivity index is 0.000000183. The molecule has 2 N–H and O–H groups in total. The average Bonchev–Trinajstić information content (AvgIpc) is 3.03. The molecule has 0 aliphatic rings. The standard InChI is InChI=1S/C13H11NO3.C12H9NO3.C6H4ClNO2/c1-16-13(15)10-7-8-12(14-9-10)17-11-5-3-2-4-6-11;14-12(15)9-6-7-11(13-8-9)16-10-4-2-1-3-5-10;7-5-2-1-4(3-8-5)6(9)10/h2-9H,1H3;1-8H,(H,14,15);1-3H,(H,9,10). The number of rotatable bonds is 7. The van der Waals surface area contributed by atoms with E-state index in [1.807, 2.05) is 48.5 Å². The fourth-order valence-corrected chi connectivity index (χ4v) is 3.08. The molecular formula is C31H24ClN3O8. The van der Waals surface area contributed by atoms with Gasteiger partial charge in [-0.15, -0.1) is 0 Å². The smallest absolute Gasteiger partial charge is 0.339 e. The third kappa shape index (κ3) is 10.9. The number of aromatic nitrogens is 3. The predicted octanol–water partition coefficient (Wildman–Crippen LogP) is 6.67. The van der Waals surface area contributed by atoms with Crippen molar-refractivity contribution in [2.75, 3.05) is 7.11 Å². The van der Waals surface area contributed by atoms with Crippen molar-refractivity contribution in [2.24, 2.45) is 0 Å². The van der Waals surface area contributed by atoms with E-state index >= 15 is 0 Å². The first-order valence-corrected chi connectivity index (χ1v) is 12.7. The van der Waals surface area contributed by atoms with Crippen LogP contribution in [-0.2, 0) is 4.74 Å². The van der Waals surface area contributed by atoms with Gasteiger partial charge in [0, 0.05) is 30.7 Å². The maximum absolute atomic E-state index is 11.2. The number of carboxylic acid groups (broad SMARTS) is 2. The molecular weight excluding hydrogens is 578 g/mol. The van der Waals surface area contributed by atoms with Gasteiger partial charge in [-0.25, -0.2) is 29.3 Å². The Hall–Kier alpha value is -5.81. The van der Waals surface area contributed by atoms with Gasteiger partial charge in [-0.1, -0.05) is 48.0 Å². The van der Waals surface area contributed by atoms with Gasteiger partial charge >= 0.3 is 17.9 Å². The molecule has 0 amide bonds. The number of pyridine rings is 3. The van der Waals surface area contributed by atoms with E-state index in [1.165, 1.54) is 50.0 Å². The highest BCUT2D eigenvalue weighted by Crippen LogP contribution is 2.19. The second-order valence-electron chi connectivity index (χ2n) is 8.07. The number of methoxy groups -OCH3 is 1. The first-order chi connectivity index (χ1) is 20.7. The van der Waals surface area contributed by atoms with E-state index in [-0.39, 0.29) is 11.1 Å². The second kappa shape index (κ2) is 16.5. The van der Waals surface area contributed by atoms with E-state index in [4.69, 9.17) is 31.3 Å². The van der Waals surface area contributed by atoms with E-state index < -0.39 is 17.9 Å². The summed E-state index contributed by atoms with van der Waals surface area (Å²) in [7, 11) is 1.33. The third-order valence-electron chi connectivity index (χ3n) is 5.05. The molecule has 5 rings (SSSR count). The van der Waals surface area contributed by atoms with Crippen molar-refractivity contribution in [3.63, 3.8) is 0 Å². The lowest BCUT2D eigenvalue weighted by molar-refractivity contribution is 0.0598. The first kappa shape index (κ1) is 31.7. The molecule has 218 valence electrons. The summed E-state index contributed by atoms with van der Waals surface area (Å²) in [4.78, 5) is 43.5. The molecule has 3 heterocycles. The van der Waals surface area contributed by atoms with Crippen LogP contribution in [0.25, 0.3) is 0 Å². The van der Waals surface area contributed by atoms with E-state index in [9.17, 15) is 14.4 Å². The minimum atomic E-state index is -1.00. The van der Waals surface area contributed by atoms with Gasteiger partial charge in [-0.05, 0) is 48.5 Å². The molecule has 0 atom stereocenters. The van der Waals surface area contributed by atoms with Gasteiger partial charge in [0.25, 0.3) is 0 Å². The zero-order chi connectivity index (χ0) is 31.0. The van der Waals surface area contributed by atoms with Crippen LogP contribution in [0.3, 0.4) is 0 Å². The Morgan fingerprint density at radius 1 is 0.581 bits per heavy atom. The normalized spacial score (nSPS) is 9.63. The summed E-state index contributed by atoms with van der Waals surface area (Å²) in [6, 6.07) is 27.5. The molecule has 11 nitrogen and oxygen atoms in total. The summed E-state index contributed by atoms with van der Waals surface area (Å²) in [6.45, 7) is 0. The van der Waals surface area contributed by atoms with Gasteiger partial charge in [0.1, 0.15) is 16.7 Å². The molecule has 5 aromatic rings. The van der Waals surface area contributed by atoms with Crippen LogP contribution in [-0.4, -0.2) is 50.2 Å². The highest BCUT2D eigenvalue weighted by Gasteiger charge is 2.06. The van der Waals surface area contributed by atoms with Crippen molar-refractivity contribution in [1.82, 2.24) is 15.0 Å². The number of benzene rings is 2. The number of hydrogen-bond acceptors (Lipinski definition) is 9. The van der Waals surface area contributed by atoms with E-state index in [0.717, 1.165) is 0 Å². The predicted molar refractivity (Wildman–Crippen MR) is 156 cm³/mol. The molecule has 2 aromatic carbocycles. The molecule has 0 unspecified atom stereocenters. The highest BCUT2D eigenvalue weighted by atomic mass is 35.5. The van der Waals surface area contributed by atoms with Crippen LogP contribution in [0.4, 0.5) is 0 Å². The van der Waals surface area contributed by atoms with Gasteiger partial charge in [0.05, 0.1) is 23.8 Å². The molecule has 0 saturated carbocycles. The van der Waals surface area contributed by atoms with Crippen molar-refractivity contribution < 1.29 is 38.8 Å². The summed E-state index contributed by atoms with van der Waals surface area (Å²) in [5, 5.41) is 17.4. The number of halogens is 1. The Morgan fingerprint density at radius 3 is 1.35 bits per heavy atom. The third-order valence-corrected chi connectivity index (χ3v) is 5.27. The lowest BCUT2D eigenvalue weighted by Gasteiger charge is -2.04. The van der Waals surface area contributed by atoms with Gasteiger partial charge in [-0.3, -0.25) is 0 Å². The summed E-state index contributed by atoms with van der Waals surface area (Å²) >= 11 is 5.41. The zero-order valence-electron chi connectivity index (χ0n) is 22.5. The fraction of sp³-hybridized carbons (Fsp3) is 0.0323. The summed E-state index contributed by atoms with van der Waals surface area (Å²) in [5.41, 5.74) is 0.678. The minimum Gasteiger partial charge on any atom is -0.478 e. The fourth-order valence-electron chi connectivity index (χ4n) is 2.97. The number of nitrogens with zero attached hydrogens (tertiary/aromatic N) is 3. The molecule has 0 aliphatic heterocycles. The molecule has 3 aromatic heterocycles. The largest absolute Gasteiger partial charge is 0.478 e. The van der Waals surface area contributed by atoms with Crippen LogP contribution in [0.2, 0.25) is 5.15 Å². The quantitative estimate of drug-likeness (QED) is 0.152. The van der Waals surface area contributed by atoms with Crippen LogP contribution in [0.5, 0.6) is 23.3 Å². The maximum Gasteiger partial charge on any atom is 0.339 e. The second-order valence-corrected chi connectivity index (χ2v) is 8.46. The summed E-state index contributed by atoms with van der Waals surface area (Å²) in [6.07, 6.45) is 3.90. The number of hydrogen-bond donors (Lipinski definition) is 2. The minimum absolute atomic E-state index is 0.139. The molecule has 12 heteroatoms. The van der Waals surface area contributed by atoms with Crippen LogP contribution >= 0.6 is 11.6 Å². The molecule has 43 heavy (non-hydrogen) atoms. The molecule has 0 spiro atoms. The van der Waals surface area contributed by atoms with Crippen LogP contribution in [0.1, 0.15) is 31.1 Å². The monoisotopic (exact) mass is 601 g/mol. The number of esters is 1. The lowest BCUT2D eigenvalue weighted by atomic mass is 10.3. The molecule has 0 aliphatic carbocycles. The van der Waals surface area contributed by atoms with Crippen molar-refractivity contribution in [1.29, 1.82) is 0 Å². The molecule has 0 bridgehead atoms. The Morgan fingerprint density at radius 2 is 1.00 bits per heavy atom. The number of aromatic carboxylic acids is 2. The van der Waals surface area contributed by atoms with Crippen LogP contribution in [0, 0.1) is 0 Å². The van der Waals surface area contributed by atoms with E-state index in [0.29, 0.717) is 34.0 Å². The molecule has 0 fully saturated rings. The zero-order valence-corrected chi connectivity index (χ0v) is 23.3. The van der Waals surface area contributed by atoms with Crippen LogP contribution < -0.4 is 9.47 Å². The van der Waals surface area contributed by atoms with Gasteiger partial charge in [0.2, 0.25) is 11.8 Å². The highest BCUT2D eigenvalue weighted by molar-refractivity contribution is 6.29. The number of ether oxygens (including phenoxy) is 3. The Kier molecular flexibility index (Phi) is 12.1. The van der Waals surface area contributed by atoms with E-state index in [2.05, 4.69) is 19.7 Å². The van der Waals surface area contributed by atoms with Crippen molar-refractivity contribution >= 4 is 29.5 Å². The summed E-state index contributed by atoms with van der Waals surface area (Å²) < 4.78 is 15.5. The number of para-hydroxylation sites is 2. The van der Waals surface area contributed by atoms with E-state index in [1.54, 1.807) is 24.3 Å². The Bertz CT molecular complexity index is 1600. The SMILES string of the molecule is COC(=O)c1ccc(Oc2ccccc2)nc1.O=C(O)c1ccc(Cl)nc1.O=C(O)c1ccc(Oc2ccccc2)nc1. The van der Waals surface area contributed by atoms with Gasteiger partial charge in [-0.2, -0.15) is 0 Å².